The van der Waals surface area contributed by atoms with Crippen LogP contribution in [0.15, 0.2) is 54.1 Å². The number of benzene rings is 2. The Balaban J connectivity index is 1.64. The molecule has 0 aromatic heterocycles. The van der Waals surface area contributed by atoms with Gasteiger partial charge in [0.1, 0.15) is 5.75 Å². The van der Waals surface area contributed by atoms with Crippen molar-refractivity contribution in [3.63, 3.8) is 0 Å². The molecule has 24 heavy (non-hydrogen) atoms. The standard InChI is InChI=1S/C20H20N2O2/c1-24-16-8-7-15-11-18-19(17(15)12-16)21-9-10-22(20(18)23)13-14-5-3-2-4-6-14/h2-8,12,21H,9-11,13H2,1H3. The number of hydrogen-bond donors (Lipinski definition) is 1. The van der Waals surface area contributed by atoms with Crippen molar-refractivity contribution in [1.29, 1.82) is 0 Å². The number of fused-ring (bicyclic) bond motifs is 2. The van der Waals surface area contributed by atoms with Crippen LogP contribution in [0.3, 0.4) is 0 Å². The van der Waals surface area contributed by atoms with Crippen molar-refractivity contribution in [2.24, 2.45) is 0 Å². The summed E-state index contributed by atoms with van der Waals surface area (Å²) in [6, 6.07) is 16.2. The molecule has 1 heterocycles. The Bertz CT molecular complexity index is 812. The molecule has 0 radical (unpaired) electrons. The van der Waals surface area contributed by atoms with Gasteiger partial charge in [0.15, 0.2) is 0 Å². The summed E-state index contributed by atoms with van der Waals surface area (Å²) in [5.41, 5.74) is 5.28. The number of methoxy groups -OCH3 is 1. The van der Waals surface area contributed by atoms with Crippen LogP contribution in [-0.4, -0.2) is 31.0 Å². The van der Waals surface area contributed by atoms with Crippen molar-refractivity contribution < 1.29 is 9.53 Å². The second-order valence-corrected chi connectivity index (χ2v) is 6.19. The van der Waals surface area contributed by atoms with Crippen LogP contribution in [0, 0.1) is 0 Å². The first-order valence-corrected chi connectivity index (χ1v) is 8.24. The Labute approximate surface area is 141 Å². The highest BCUT2D eigenvalue weighted by molar-refractivity contribution is 6.04. The summed E-state index contributed by atoms with van der Waals surface area (Å²) in [6.45, 7) is 2.12. The third-order valence-corrected chi connectivity index (χ3v) is 4.70. The molecule has 122 valence electrons. The van der Waals surface area contributed by atoms with Gasteiger partial charge in [0.2, 0.25) is 0 Å². The molecule has 4 nitrogen and oxygen atoms in total. The zero-order valence-corrected chi connectivity index (χ0v) is 13.7. The molecule has 0 atom stereocenters. The predicted molar refractivity (Wildman–Crippen MR) is 93.5 cm³/mol. The van der Waals surface area contributed by atoms with Gasteiger partial charge in [0, 0.05) is 37.2 Å². The van der Waals surface area contributed by atoms with E-state index in [2.05, 4.69) is 23.5 Å². The maximum Gasteiger partial charge on any atom is 0.252 e. The molecular weight excluding hydrogens is 300 g/mol. The lowest BCUT2D eigenvalue weighted by Crippen LogP contribution is -2.34. The first-order chi connectivity index (χ1) is 11.8. The van der Waals surface area contributed by atoms with E-state index in [0.29, 0.717) is 19.5 Å². The van der Waals surface area contributed by atoms with Crippen molar-refractivity contribution in [3.8, 4) is 5.75 Å². The molecular formula is C20H20N2O2. The van der Waals surface area contributed by atoms with Gasteiger partial charge in [-0.2, -0.15) is 0 Å². The number of rotatable bonds is 3. The molecule has 2 aromatic carbocycles. The first kappa shape index (κ1) is 14.8. The molecule has 1 N–H and O–H groups in total. The van der Waals surface area contributed by atoms with Crippen LogP contribution in [-0.2, 0) is 17.8 Å². The Hall–Kier alpha value is -2.75. The Morgan fingerprint density at radius 2 is 2.00 bits per heavy atom. The molecule has 4 heteroatoms. The first-order valence-electron chi connectivity index (χ1n) is 8.24. The minimum absolute atomic E-state index is 0.133. The smallest absolute Gasteiger partial charge is 0.252 e. The average Bonchev–Trinajstić information content (AvgIpc) is 2.91. The van der Waals surface area contributed by atoms with Gasteiger partial charge in [-0.1, -0.05) is 36.4 Å². The predicted octanol–water partition coefficient (Wildman–Crippen LogP) is 2.59. The van der Waals surface area contributed by atoms with Crippen LogP contribution in [0.2, 0.25) is 0 Å². The Kier molecular flexibility index (Phi) is 3.73. The molecule has 0 spiro atoms. The van der Waals surface area contributed by atoms with E-state index >= 15 is 0 Å². The third-order valence-electron chi connectivity index (χ3n) is 4.70. The molecule has 1 aliphatic heterocycles. The molecule has 0 unspecified atom stereocenters. The fourth-order valence-electron chi connectivity index (χ4n) is 3.46. The summed E-state index contributed by atoms with van der Waals surface area (Å²) in [5, 5.41) is 3.46. The fraction of sp³-hybridized carbons (Fsp3) is 0.250. The largest absolute Gasteiger partial charge is 0.497 e. The minimum Gasteiger partial charge on any atom is -0.497 e. The highest BCUT2D eigenvalue weighted by atomic mass is 16.5. The zero-order chi connectivity index (χ0) is 16.5. The maximum atomic E-state index is 13.1. The van der Waals surface area contributed by atoms with Crippen LogP contribution in [0.4, 0.5) is 0 Å². The number of ether oxygens (including phenoxy) is 1. The van der Waals surface area contributed by atoms with Gasteiger partial charge < -0.3 is 15.0 Å². The van der Waals surface area contributed by atoms with E-state index in [1.54, 1.807) is 7.11 Å². The van der Waals surface area contributed by atoms with Crippen molar-refractivity contribution >= 4 is 11.6 Å². The summed E-state index contributed by atoms with van der Waals surface area (Å²) >= 11 is 0. The summed E-state index contributed by atoms with van der Waals surface area (Å²) in [7, 11) is 1.67. The molecule has 2 aliphatic rings. The highest BCUT2D eigenvalue weighted by Crippen LogP contribution is 2.35. The van der Waals surface area contributed by atoms with Gasteiger partial charge >= 0.3 is 0 Å². The fourth-order valence-corrected chi connectivity index (χ4v) is 3.46. The van der Waals surface area contributed by atoms with Gasteiger partial charge in [-0.25, -0.2) is 0 Å². The molecule has 4 rings (SSSR count). The normalized spacial score (nSPS) is 16.4. The molecule has 0 saturated heterocycles. The third kappa shape index (κ3) is 2.54. The highest BCUT2D eigenvalue weighted by Gasteiger charge is 2.31. The van der Waals surface area contributed by atoms with Crippen LogP contribution < -0.4 is 10.1 Å². The molecule has 0 saturated carbocycles. The lowest BCUT2D eigenvalue weighted by atomic mass is 10.1. The maximum absolute atomic E-state index is 13.1. The number of amides is 1. The molecule has 2 aromatic rings. The van der Waals surface area contributed by atoms with Crippen LogP contribution in [0.5, 0.6) is 5.75 Å². The van der Waals surface area contributed by atoms with Crippen molar-refractivity contribution in [3.05, 3.63) is 70.8 Å². The van der Waals surface area contributed by atoms with Gasteiger partial charge in [-0.3, -0.25) is 4.79 Å². The zero-order valence-electron chi connectivity index (χ0n) is 13.7. The topological polar surface area (TPSA) is 41.6 Å². The van der Waals surface area contributed by atoms with Crippen LogP contribution in [0.25, 0.3) is 5.70 Å². The second kappa shape index (κ2) is 6.04. The molecule has 0 fully saturated rings. The average molecular weight is 320 g/mol. The van der Waals surface area contributed by atoms with Crippen LogP contribution >= 0.6 is 0 Å². The SMILES string of the molecule is COc1ccc2c(c1)C1=C(C2)C(=O)N(Cc2ccccc2)CCN1. The van der Waals surface area contributed by atoms with E-state index in [9.17, 15) is 4.79 Å². The summed E-state index contributed by atoms with van der Waals surface area (Å²) in [6.07, 6.45) is 0.686. The van der Waals surface area contributed by atoms with E-state index in [4.69, 9.17) is 4.74 Å². The van der Waals surface area contributed by atoms with E-state index in [1.807, 2.05) is 35.2 Å². The Morgan fingerprint density at radius 3 is 2.79 bits per heavy atom. The van der Waals surface area contributed by atoms with E-state index in [0.717, 1.165) is 34.7 Å². The number of carbonyl (C=O) groups excluding carboxylic acids is 1. The van der Waals surface area contributed by atoms with Gasteiger partial charge in [-0.05, 0) is 23.3 Å². The van der Waals surface area contributed by atoms with Gasteiger partial charge in [0.25, 0.3) is 5.91 Å². The van der Waals surface area contributed by atoms with Crippen molar-refractivity contribution in [2.45, 2.75) is 13.0 Å². The number of carbonyl (C=O) groups is 1. The molecule has 1 amide bonds. The molecule has 1 aliphatic carbocycles. The van der Waals surface area contributed by atoms with Gasteiger partial charge in [-0.15, -0.1) is 0 Å². The minimum atomic E-state index is 0.133. The monoisotopic (exact) mass is 320 g/mol. The van der Waals surface area contributed by atoms with Crippen molar-refractivity contribution in [1.82, 2.24) is 10.2 Å². The summed E-state index contributed by atoms with van der Waals surface area (Å²) in [4.78, 5) is 15.0. The lowest BCUT2D eigenvalue weighted by Gasteiger charge is -2.21. The van der Waals surface area contributed by atoms with E-state index in [-0.39, 0.29) is 5.91 Å². The van der Waals surface area contributed by atoms with E-state index < -0.39 is 0 Å². The lowest BCUT2D eigenvalue weighted by molar-refractivity contribution is -0.127. The number of nitrogens with zero attached hydrogens (tertiary/aromatic N) is 1. The van der Waals surface area contributed by atoms with Gasteiger partial charge in [0.05, 0.1) is 12.8 Å². The summed E-state index contributed by atoms with van der Waals surface area (Å²) < 4.78 is 5.33. The molecule has 0 bridgehead atoms. The summed E-state index contributed by atoms with van der Waals surface area (Å²) in [5.74, 6) is 0.955. The number of hydrogen-bond acceptors (Lipinski definition) is 3. The van der Waals surface area contributed by atoms with Crippen molar-refractivity contribution in [2.75, 3.05) is 20.2 Å². The van der Waals surface area contributed by atoms with Crippen LogP contribution in [0.1, 0.15) is 16.7 Å². The second-order valence-electron chi connectivity index (χ2n) is 6.19. The van der Waals surface area contributed by atoms with E-state index in [1.165, 1.54) is 5.56 Å². The quantitative estimate of drug-likeness (QED) is 0.945. The number of nitrogens with one attached hydrogen (secondary N) is 1. The Morgan fingerprint density at radius 1 is 1.17 bits per heavy atom.